The standard InChI is InChI=1S/C15H21F3N2/c1-2-14-7-9-20(10-8-19-14)11-12-3-5-13(6-4-12)15(16,17)18/h3-6,14,19H,2,7-11H2,1H3. The van der Waals surface area contributed by atoms with Gasteiger partial charge in [-0.3, -0.25) is 4.90 Å². The van der Waals surface area contributed by atoms with Gasteiger partial charge in [0.2, 0.25) is 0 Å². The fourth-order valence-corrected chi connectivity index (χ4v) is 2.54. The highest BCUT2D eigenvalue weighted by atomic mass is 19.4. The summed E-state index contributed by atoms with van der Waals surface area (Å²) in [5.74, 6) is 0. The van der Waals surface area contributed by atoms with E-state index in [-0.39, 0.29) is 0 Å². The van der Waals surface area contributed by atoms with Gasteiger partial charge < -0.3 is 5.32 Å². The minimum atomic E-state index is -4.25. The van der Waals surface area contributed by atoms with Crippen LogP contribution in [0, 0.1) is 0 Å². The van der Waals surface area contributed by atoms with Crippen LogP contribution in [0.2, 0.25) is 0 Å². The Kier molecular flexibility index (Phi) is 5.05. The molecule has 5 heteroatoms. The zero-order valence-corrected chi connectivity index (χ0v) is 11.7. The molecule has 1 aliphatic rings. The summed E-state index contributed by atoms with van der Waals surface area (Å²) in [6.07, 6.45) is -2.04. The van der Waals surface area contributed by atoms with Crippen molar-refractivity contribution in [3.05, 3.63) is 35.4 Å². The van der Waals surface area contributed by atoms with Crippen molar-refractivity contribution in [2.24, 2.45) is 0 Å². The third-order valence-electron chi connectivity index (χ3n) is 3.84. The number of nitrogens with zero attached hydrogens (tertiary/aromatic N) is 1. The number of hydrogen-bond acceptors (Lipinski definition) is 2. The molecule has 1 aromatic rings. The van der Waals surface area contributed by atoms with Crippen molar-refractivity contribution in [3.63, 3.8) is 0 Å². The molecule has 1 fully saturated rings. The lowest BCUT2D eigenvalue weighted by Crippen LogP contribution is -2.29. The van der Waals surface area contributed by atoms with Crippen molar-refractivity contribution >= 4 is 0 Å². The van der Waals surface area contributed by atoms with Gasteiger partial charge in [0.15, 0.2) is 0 Å². The van der Waals surface area contributed by atoms with Crippen LogP contribution in [0.5, 0.6) is 0 Å². The van der Waals surface area contributed by atoms with Gasteiger partial charge in [-0.2, -0.15) is 13.2 Å². The van der Waals surface area contributed by atoms with E-state index in [0.29, 0.717) is 6.04 Å². The van der Waals surface area contributed by atoms with Gasteiger partial charge in [0.1, 0.15) is 0 Å². The molecule has 0 amide bonds. The molecular formula is C15H21F3N2. The summed E-state index contributed by atoms with van der Waals surface area (Å²) in [5, 5.41) is 3.49. The summed E-state index contributed by atoms with van der Waals surface area (Å²) in [6, 6.07) is 6.06. The van der Waals surface area contributed by atoms with E-state index in [1.165, 1.54) is 12.1 Å². The molecule has 2 nitrogen and oxygen atoms in total. The molecule has 2 rings (SSSR count). The van der Waals surface area contributed by atoms with Crippen LogP contribution < -0.4 is 5.32 Å². The van der Waals surface area contributed by atoms with Crippen LogP contribution in [0.4, 0.5) is 13.2 Å². The van der Waals surface area contributed by atoms with Crippen LogP contribution in [-0.4, -0.2) is 30.6 Å². The lowest BCUT2D eigenvalue weighted by molar-refractivity contribution is -0.137. The second-order valence-electron chi connectivity index (χ2n) is 5.32. The van der Waals surface area contributed by atoms with E-state index >= 15 is 0 Å². The predicted molar refractivity (Wildman–Crippen MR) is 73.4 cm³/mol. The third kappa shape index (κ3) is 4.21. The zero-order chi connectivity index (χ0) is 14.6. The van der Waals surface area contributed by atoms with Crippen LogP contribution in [0.3, 0.4) is 0 Å². The Hall–Kier alpha value is -1.07. The van der Waals surface area contributed by atoms with Gasteiger partial charge in [-0.05, 0) is 30.5 Å². The van der Waals surface area contributed by atoms with Crippen LogP contribution in [0.25, 0.3) is 0 Å². The van der Waals surface area contributed by atoms with Crippen LogP contribution in [0.15, 0.2) is 24.3 Å². The summed E-state index contributed by atoms with van der Waals surface area (Å²) < 4.78 is 37.5. The van der Waals surface area contributed by atoms with E-state index in [1.54, 1.807) is 12.1 Å². The topological polar surface area (TPSA) is 15.3 Å². The average Bonchev–Trinajstić information content (AvgIpc) is 2.63. The maximum absolute atomic E-state index is 12.5. The van der Waals surface area contributed by atoms with E-state index < -0.39 is 11.7 Å². The molecule has 1 heterocycles. The molecule has 0 radical (unpaired) electrons. The van der Waals surface area contributed by atoms with Gasteiger partial charge in [0, 0.05) is 32.2 Å². The Morgan fingerprint density at radius 3 is 2.50 bits per heavy atom. The minimum Gasteiger partial charge on any atom is -0.313 e. The van der Waals surface area contributed by atoms with Crippen molar-refractivity contribution in [1.82, 2.24) is 10.2 Å². The molecular weight excluding hydrogens is 265 g/mol. The van der Waals surface area contributed by atoms with Crippen molar-refractivity contribution in [3.8, 4) is 0 Å². The second kappa shape index (κ2) is 6.59. The molecule has 1 aromatic carbocycles. The van der Waals surface area contributed by atoms with Gasteiger partial charge in [0.05, 0.1) is 5.56 Å². The molecule has 112 valence electrons. The highest BCUT2D eigenvalue weighted by molar-refractivity contribution is 5.24. The normalized spacial score (nSPS) is 21.7. The van der Waals surface area contributed by atoms with Crippen LogP contribution in [0.1, 0.15) is 30.9 Å². The number of nitrogens with one attached hydrogen (secondary N) is 1. The van der Waals surface area contributed by atoms with Crippen molar-refractivity contribution in [2.75, 3.05) is 19.6 Å². The van der Waals surface area contributed by atoms with Gasteiger partial charge >= 0.3 is 6.18 Å². The monoisotopic (exact) mass is 286 g/mol. The van der Waals surface area contributed by atoms with Gasteiger partial charge in [-0.15, -0.1) is 0 Å². The van der Waals surface area contributed by atoms with Gasteiger partial charge in [-0.25, -0.2) is 0 Å². The SMILES string of the molecule is CCC1CCN(Cc2ccc(C(F)(F)F)cc2)CCN1. The molecule has 0 spiro atoms. The molecule has 0 saturated carbocycles. The summed E-state index contributed by atoms with van der Waals surface area (Å²) in [4.78, 5) is 2.30. The van der Waals surface area contributed by atoms with E-state index in [2.05, 4.69) is 17.1 Å². The first kappa shape index (κ1) is 15.3. The smallest absolute Gasteiger partial charge is 0.313 e. The molecule has 0 bridgehead atoms. The highest BCUT2D eigenvalue weighted by Crippen LogP contribution is 2.29. The Labute approximate surface area is 118 Å². The largest absolute Gasteiger partial charge is 0.416 e. The number of rotatable bonds is 3. The lowest BCUT2D eigenvalue weighted by Gasteiger charge is -2.20. The van der Waals surface area contributed by atoms with Crippen molar-refractivity contribution in [1.29, 1.82) is 0 Å². The van der Waals surface area contributed by atoms with E-state index in [0.717, 1.165) is 44.6 Å². The fraction of sp³-hybridized carbons (Fsp3) is 0.600. The molecule has 1 N–H and O–H groups in total. The van der Waals surface area contributed by atoms with E-state index in [4.69, 9.17) is 0 Å². The van der Waals surface area contributed by atoms with Crippen molar-refractivity contribution < 1.29 is 13.2 Å². The predicted octanol–water partition coefficient (Wildman–Crippen LogP) is 3.28. The first-order valence-corrected chi connectivity index (χ1v) is 7.11. The van der Waals surface area contributed by atoms with Crippen LogP contribution >= 0.6 is 0 Å². The highest BCUT2D eigenvalue weighted by Gasteiger charge is 2.30. The maximum atomic E-state index is 12.5. The summed E-state index contributed by atoms with van der Waals surface area (Å²) in [5.41, 5.74) is 0.359. The maximum Gasteiger partial charge on any atom is 0.416 e. The lowest BCUT2D eigenvalue weighted by atomic mass is 10.1. The Balaban J connectivity index is 1.93. The number of benzene rings is 1. The fourth-order valence-electron chi connectivity index (χ4n) is 2.54. The molecule has 20 heavy (non-hydrogen) atoms. The molecule has 1 saturated heterocycles. The van der Waals surface area contributed by atoms with Gasteiger partial charge in [-0.1, -0.05) is 19.1 Å². The van der Waals surface area contributed by atoms with Gasteiger partial charge in [0.25, 0.3) is 0 Å². The van der Waals surface area contributed by atoms with Crippen molar-refractivity contribution in [2.45, 2.75) is 38.5 Å². The Morgan fingerprint density at radius 1 is 1.20 bits per heavy atom. The van der Waals surface area contributed by atoms with E-state index in [9.17, 15) is 13.2 Å². The molecule has 0 aliphatic carbocycles. The average molecular weight is 286 g/mol. The molecule has 1 aliphatic heterocycles. The van der Waals surface area contributed by atoms with E-state index in [1.807, 2.05) is 0 Å². The second-order valence-corrected chi connectivity index (χ2v) is 5.32. The third-order valence-corrected chi connectivity index (χ3v) is 3.84. The number of halogens is 3. The molecule has 1 atom stereocenters. The Bertz CT molecular complexity index is 414. The molecule has 1 unspecified atom stereocenters. The Morgan fingerprint density at radius 2 is 1.90 bits per heavy atom. The summed E-state index contributed by atoms with van der Waals surface area (Å²) in [7, 11) is 0. The number of alkyl halides is 3. The minimum absolute atomic E-state index is 0.563. The summed E-state index contributed by atoms with van der Waals surface area (Å²) in [6.45, 7) is 5.77. The first-order valence-electron chi connectivity index (χ1n) is 7.11. The van der Waals surface area contributed by atoms with Crippen LogP contribution in [-0.2, 0) is 12.7 Å². The zero-order valence-electron chi connectivity index (χ0n) is 11.7. The number of hydrogen-bond donors (Lipinski definition) is 1. The first-order chi connectivity index (χ1) is 9.49. The quantitative estimate of drug-likeness (QED) is 0.917. The molecule has 0 aromatic heterocycles. The summed E-state index contributed by atoms with van der Waals surface area (Å²) >= 11 is 0.